The highest BCUT2D eigenvalue weighted by Gasteiger charge is 2.44. The highest BCUT2D eigenvalue weighted by atomic mass is 32.2. The minimum Gasteiger partial charge on any atom is -0.492 e. The number of sulfonamides is 1. The predicted octanol–water partition coefficient (Wildman–Crippen LogP) is 4.15. The monoisotopic (exact) mass is 491 g/mol. The molecule has 0 radical (unpaired) electrons. The lowest BCUT2D eigenvalue weighted by Crippen LogP contribution is -2.51. The van der Waals surface area contributed by atoms with E-state index < -0.39 is 10.0 Å². The molecule has 176 valence electrons. The van der Waals surface area contributed by atoms with Gasteiger partial charge in [-0.15, -0.1) is 0 Å². The summed E-state index contributed by atoms with van der Waals surface area (Å²) in [6.07, 6.45) is 4.93. The Morgan fingerprint density at radius 1 is 1.12 bits per heavy atom. The molecule has 2 fully saturated rings. The van der Waals surface area contributed by atoms with Crippen LogP contribution in [-0.2, 0) is 10.0 Å². The van der Waals surface area contributed by atoms with E-state index in [1.54, 1.807) is 10.4 Å². The van der Waals surface area contributed by atoms with Crippen LogP contribution in [0.3, 0.4) is 0 Å². The van der Waals surface area contributed by atoms with E-state index in [9.17, 15) is 12.8 Å². The van der Waals surface area contributed by atoms with Crippen molar-refractivity contribution >= 4 is 31.6 Å². The molecule has 3 heterocycles. The number of hydrogen-bond acceptors (Lipinski definition) is 7. The van der Waals surface area contributed by atoms with Gasteiger partial charge in [-0.1, -0.05) is 11.3 Å². The van der Waals surface area contributed by atoms with Crippen molar-refractivity contribution in [2.24, 2.45) is 0 Å². The number of nitrogens with one attached hydrogen (secondary N) is 1. The average Bonchev–Trinajstić information content (AvgIpc) is 3.29. The molecule has 3 aromatic rings. The molecule has 0 aliphatic carbocycles. The van der Waals surface area contributed by atoms with Crippen LogP contribution in [0.4, 0.5) is 4.39 Å². The van der Waals surface area contributed by atoms with E-state index >= 15 is 0 Å². The number of fused-ring (bicyclic) bond motifs is 3. The summed E-state index contributed by atoms with van der Waals surface area (Å²) in [5.41, 5.74) is 0.581. The van der Waals surface area contributed by atoms with E-state index in [1.165, 1.54) is 29.7 Å². The Labute approximate surface area is 196 Å². The molecule has 1 aromatic heterocycles. The van der Waals surface area contributed by atoms with Gasteiger partial charge in [0.25, 0.3) is 5.19 Å². The number of piperidine rings is 1. The highest BCUT2D eigenvalue weighted by molar-refractivity contribution is 7.88. The quantitative estimate of drug-likeness (QED) is 0.477. The molecule has 2 aliphatic heterocycles. The summed E-state index contributed by atoms with van der Waals surface area (Å²) < 4.78 is 51.6. The van der Waals surface area contributed by atoms with Crippen LogP contribution in [0.25, 0.3) is 10.2 Å². The molecule has 0 saturated carbocycles. The van der Waals surface area contributed by atoms with Gasteiger partial charge in [-0.2, -0.15) is 4.31 Å². The van der Waals surface area contributed by atoms with Gasteiger partial charge < -0.3 is 14.8 Å². The third-order valence-corrected chi connectivity index (χ3v) is 8.49. The van der Waals surface area contributed by atoms with Gasteiger partial charge in [0.1, 0.15) is 23.9 Å². The molecule has 2 aromatic carbocycles. The Kier molecular flexibility index (Phi) is 6.26. The van der Waals surface area contributed by atoms with Gasteiger partial charge in [0.2, 0.25) is 10.0 Å². The molecule has 33 heavy (non-hydrogen) atoms. The van der Waals surface area contributed by atoms with Gasteiger partial charge in [-0.05, 0) is 62.1 Å². The number of nitrogens with zero attached hydrogens (tertiary/aromatic N) is 2. The smallest absolute Gasteiger partial charge is 0.279 e. The Hall–Kier alpha value is -2.27. The van der Waals surface area contributed by atoms with Crippen LogP contribution >= 0.6 is 11.3 Å². The predicted molar refractivity (Wildman–Crippen MR) is 126 cm³/mol. The number of aromatic nitrogens is 1. The summed E-state index contributed by atoms with van der Waals surface area (Å²) >= 11 is 1.37. The average molecular weight is 492 g/mol. The van der Waals surface area contributed by atoms with E-state index in [0.29, 0.717) is 35.7 Å². The number of benzene rings is 2. The largest absolute Gasteiger partial charge is 0.492 e. The zero-order valence-electron chi connectivity index (χ0n) is 18.2. The van der Waals surface area contributed by atoms with Crippen LogP contribution in [0.5, 0.6) is 16.7 Å². The zero-order valence-corrected chi connectivity index (χ0v) is 19.9. The van der Waals surface area contributed by atoms with Crippen LogP contribution in [0, 0.1) is 5.82 Å². The maximum Gasteiger partial charge on any atom is 0.279 e. The Bertz CT molecular complexity index is 1220. The second-order valence-electron chi connectivity index (χ2n) is 8.61. The fourth-order valence-corrected chi connectivity index (χ4v) is 7.18. The molecular formula is C23H26FN3O4S2. The molecule has 10 heteroatoms. The Balaban J connectivity index is 1.08. The van der Waals surface area contributed by atoms with Crippen LogP contribution in [-0.4, -0.2) is 55.2 Å². The zero-order chi connectivity index (χ0) is 23.0. The SMILES string of the molecule is CS(=O)(=O)N1C2CCC1CC(NCCOc1ccc(Oc3nc4cc(F)ccc4s3)cc1)C2. The van der Waals surface area contributed by atoms with Crippen molar-refractivity contribution in [1.82, 2.24) is 14.6 Å². The first kappa shape index (κ1) is 22.5. The topological polar surface area (TPSA) is 80.8 Å². The van der Waals surface area contributed by atoms with E-state index in [4.69, 9.17) is 9.47 Å². The molecule has 0 amide bonds. The van der Waals surface area contributed by atoms with Gasteiger partial charge in [0.15, 0.2) is 0 Å². The first-order valence-electron chi connectivity index (χ1n) is 11.0. The fourth-order valence-electron chi connectivity index (χ4n) is 4.90. The minimum absolute atomic E-state index is 0.124. The summed E-state index contributed by atoms with van der Waals surface area (Å²) in [5.74, 6) is 1.05. The van der Waals surface area contributed by atoms with Crippen LogP contribution in [0.1, 0.15) is 25.7 Å². The van der Waals surface area contributed by atoms with Crippen LogP contribution in [0.2, 0.25) is 0 Å². The Morgan fingerprint density at radius 3 is 2.52 bits per heavy atom. The van der Waals surface area contributed by atoms with Gasteiger partial charge in [0.05, 0.1) is 16.5 Å². The maximum atomic E-state index is 13.3. The Morgan fingerprint density at radius 2 is 1.82 bits per heavy atom. The van der Waals surface area contributed by atoms with Crippen molar-refractivity contribution < 1.29 is 22.3 Å². The van der Waals surface area contributed by atoms with Crippen molar-refractivity contribution in [3.63, 3.8) is 0 Å². The van der Waals surface area contributed by atoms with Crippen LogP contribution in [0.15, 0.2) is 42.5 Å². The molecule has 2 atom stereocenters. The fraction of sp³-hybridized carbons (Fsp3) is 0.435. The van der Waals surface area contributed by atoms with Crippen molar-refractivity contribution in [3.05, 3.63) is 48.3 Å². The lowest BCUT2D eigenvalue weighted by Gasteiger charge is -2.37. The van der Waals surface area contributed by atoms with Gasteiger partial charge in [0, 0.05) is 30.7 Å². The molecule has 7 nitrogen and oxygen atoms in total. The van der Waals surface area contributed by atoms with E-state index in [-0.39, 0.29) is 17.9 Å². The normalized spacial score (nSPS) is 23.2. The minimum atomic E-state index is -3.13. The second-order valence-corrected chi connectivity index (χ2v) is 11.5. The molecule has 0 spiro atoms. The van der Waals surface area contributed by atoms with E-state index in [1.807, 2.05) is 24.3 Å². The molecule has 2 bridgehead atoms. The van der Waals surface area contributed by atoms with Gasteiger partial charge >= 0.3 is 0 Å². The molecule has 2 unspecified atom stereocenters. The van der Waals surface area contributed by atoms with Crippen LogP contribution < -0.4 is 14.8 Å². The number of halogens is 1. The maximum absolute atomic E-state index is 13.3. The highest BCUT2D eigenvalue weighted by Crippen LogP contribution is 2.37. The van der Waals surface area contributed by atoms with E-state index in [0.717, 1.165) is 36.1 Å². The lowest BCUT2D eigenvalue weighted by atomic mass is 10.00. The lowest BCUT2D eigenvalue weighted by molar-refractivity contribution is 0.201. The first-order chi connectivity index (χ1) is 15.8. The molecular weight excluding hydrogens is 465 g/mol. The van der Waals surface area contributed by atoms with Crippen molar-refractivity contribution in [1.29, 1.82) is 0 Å². The molecule has 2 saturated heterocycles. The summed E-state index contributed by atoms with van der Waals surface area (Å²) in [6.45, 7) is 1.22. The molecule has 2 aliphatic rings. The first-order valence-corrected chi connectivity index (χ1v) is 13.7. The third-order valence-electron chi connectivity index (χ3n) is 6.21. The summed E-state index contributed by atoms with van der Waals surface area (Å²) in [5, 5.41) is 3.98. The number of thiazole rings is 1. The molecule has 5 rings (SSSR count). The number of ether oxygens (including phenoxy) is 2. The summed E-state index contributed by atoms with van der Waals surface area (Å²) in [6, 6.07) is 12.4. The van der Waals surface area contributed by atoms with E-state index in [2.05, 4.69) is 10.3 Å². The summed E-state index contributed by atoms with van der Waals surface area (Å²) in [4.78, 5) is 4.31. The second kappa shape index (κ2) is 9.17. The van der Waals surface area contributed by atoms with Crippen molar-refractivity contribution in [2.75, 3.05) is 19.4 Å². The number of rotatable bonds is 8. The standard InChI is InChI=1S/C23H26FN3O4S2/c1-33(28,29)27-17-3-4-18(27)14-16(13-17)25-10-11-30-19-5-7-20(8-6-19)31-23-26-21-12-15(24)2-9-22(21)32-23/h2,5-9,12,16-18,25H,3-4,10-11,13-14H2,1H3. The third kappa shape index (κ3) is 5.13. The van der Waals surface area contributed by atoms with Gasteiger partial charge in [-0.3, -0.25) is 0 Å². The van der Waals surface area contributed by atoms with Crippen molar-refractivity contribution in [3.8, 4) is 16.7 Å². The van der Waals surface area contributed by atoms with Gasteiger partial charge in [-0.25, -0.2) is 17.8 Å². The number of hydrogen-bond donors (Lipinski definition) is 1. The molecule has 1 N–H and O–H groups in total. The summed E-state index contributed by atoms with van der Waals surface area (Å²) in [7, 11) is -3.13. The van der Waals surface area contributed by atoms with Crippen molar-refractivity contribution in [2.45, 2.75) is 43.8 Å².